The van der Waals surface area contributed by atoms with E-state index in [1.165, 1.54) is 12.1 Å². The van der Waals surface area contributed by atoms with Crippen molar-refractivity contribution >= 4 is 17.5 Å². The molecule has 5 nitrogen and oxygen atoms in total. The first-order chi connectivity index (χ1) is 15.9. The zero-order chi connectivity index (χ0) is 22.9. The molecule has 3 heterocycles. The van der Waals surface area contributed by atoms with E-state index in [2.05, 4.69) is 17.1 Å². The number of Topliss-reactive ketones (excluding diaryl/α,β-unsaturated/α-hetero) is 1. The van der Waals surface area contributed by atoms with Crippen LogP contribution < -0.4 is 10.4 Å². The minimum absolute atomic E-state index is 0.0556. The van der Waals surface area contributed by atoms with Gasteiger partial charge >= 0.3 is 0 Å². The highest BCUT2D eigenvalue weighted by molar-refractivity contribution is 7.98. The summed E-state index contributed by atoms with van der Waals surface area (Å²) in [6.07, 6.45) is 3.62. The van der Waals surface area contributed by atoms with Gasteiger partial charge in [0.15, 0.2) is 17.2 Å². The summed E-state index contributed by atoms with van der Waals surface area (Å²) in [6.45, 7) is 2.44. The largest absolute Gasteiger partial charge is 0.503 e. The van der Waals surface area contributed by atoms with Gasteiger partial charge in [-0.15, -0.1) is 11.8 Å². The van der Waals surface area contributed by atoms with Gasteiger partial charge in [0.2, 0.25) is 5.43 Å². The first kappa shape index (κ1) is 20.5. The molecule has 0 amide bonds. The van der Waals surface area contributed by atoms with Crippen molar-refractivity contribution in [1.82, 2.24) is 4.68 Å². The fourth-order valence-corrected chi connectivity index (χ4v) is 6.53. The van der Waals surface area contributed by atoms with Gasteiger partial charge in [-0.1, -0.05) is 31.2 Å². The third-order valence-electron chi connectivity index (χ3n) is 7.29. The third kappa shape index (κ3) is 2.91. The molecule has 2 aliphatic heterocycles. The second-order valence-corrected chi connectivity index (χ2v) is 10.1. The van der Waals surface area contributed by atoms with E-state index in [1.807, 2.05) is 25.1 Å². The van der Waals surface area contributed by atoms with Gasteiger partial charge in [-0.25, -0.2) is 4.39 Å². The highest BCUT2D eigenvalue weighted by Gasteiger charge is 2.56. The van der Waals surface area contributed by atoms with Crippen LogP contribution in [0.1, 0.15) is 58.5 Å². The molecule has 168 valence electrons. The van der Waals surface area contributed by atoms with Crippen molar-refractivity contribution in [3.05, 3.63) is 92.6 Å². The number of thioether (sulfide) groups is 1. The lowest BCUT2D eigenvalue weighted by Crippen LogP contribution is -2.51. The molecule has 3 aliphatic rings. The second kappa shape index (κ2) is 7.22. The van der Waals surface area contributed by atoms with Crippen LogP contribution in [0, 0.1) is 11.2 Å². The first-order valence-electron chi connectivity index (χ1n) is 11.2. The maximum atomic E-state index is 14.8. The Labute approximate surface area is 194 Å². The standard InChI is InChI=1S/C26H23FN2O3S/c1-2-15-18-13-33-21-6-4-3-5-17(21)22(16(18)7-8-19(15)27)29-14-26(10-11-26)25(32)23-24(31)20(30)9-12-28(23)29/h3-9,12,22,31H,2,10-11,13-14H2,1H3. The van der Waals surface area contributed by atoms with Crippen molar-refractivity contribution in [3.63, 3.8) is 0 Å². The number of fused-ring (bicyclic) bond motifs is 3. The highest BCUT2D eigenvalue weighted by atomic mass is 32.2. The number of aromatic nitrogens is 1. The number of carbonyl (C=O) groups is 1. The average Bonchev–Trinajstić information content (AvgIpc) is 3.61. The minimum atomic E-state index is -0.590. The molecule has 6 rings (SSSR count). The Bertz CT molecular complexity index is 1380. The number of hydrogen-bond donors (Lipinski definition) is 1. The molecule has 1 spiro atoms. The Kier molecular flexibility index (Phi) is 4.49. The number of aromatic hydroxyl groups is 1. The maximum absolute atomic E-state index is 14.8. The summed E-state index contributed by atoms with van der Waals surface area (Å²) in [5, 5.41) is 12.7. The monoisotopic (exact) mass is 462 g/mol. The Hall–Kier alpha value is -3.06. The number of hydrogen-bond acceptors (Lipinski definition) is 5. The summed E-state index contributed by atoms with van der Waals surface area (Å²) in [5.74, 6) is -0.206. The predicted octanol–water partition coefficient (Wildman–Crippen LogP) is 4.57. The van der Waals surface area contributed by atoms with Crippen LogP contribution in [0.3, 0.4) is 0 Å². The lowest BCUT2D eigenvalue weighted by Gasteiger charge is -2.43. The molecule has 1 saturated carbocycles. The minimum Gasteiger partial charge on any atom is -0.503 e. The van der Waals surface area contributed by atoms with Crippen LogP contribution >= 0.6 is 11.8 Å². The predicted molar refractivity (Wildman–Crippen MR) is 125 cm³/mol. The molecule has 1 fully saturated rings. The number of halogens is 1. The van der Waals surface area contributed by atoms with Crippen molar-refractivity contribution in [1.29, 1.82) is 0 Å². The van der Waals surface area contributed by atoms with Crippen molar-refractivity contribution in [2.75, 3.05) is 11.6 Å². The van der Waals surface area contributed by atoms with Crippen molar-refractivity contribution < 1.29 is 14.3 Å². The Morgan fingerprint density at radius 3 is 2.67 bits per heavy atom. The van der Waals surface area contributed by atoms with E-state index in [1.54, 1.807) is 22.6 Å². The number of rotatable bonds is 2. The molecule has 1 N–H and O–H groups in total. The van der Waals surface area contributed by atoms with Gasteiger partial charge in [0.25, 0.3) is 0 Å². The SMILES string of the molecule is CCc1c(F)ccc2c1CSc1ccccc1C2N1CC2(CC2)C(=O)c2c(O)c(=O)ccn21. The van der Waals surface area contributed by atoms with E-state index < -0.39 is 16.6 Å². The topological polar surface area (TPSA) is 62.5 Å². The molecule has 3 aromatic rings. The Morgan fingerprint density at radius 2 is 1.91 bits per heavy atom. The van der Waals surface area contributed by atoms with Gasteiger partial charge in [-0.05, 0) is 53.6 Å². The molecule has 7 heteroatoms. The molecule has 0 bridgehead atoms. The van der Waals surface area contributed by atoms with E-state index in [0.29, 0.717) is 18.7 Å². The molecule has 1 atom stereocenters. The van der Waals surface area contributed by atoms with Crippen LogP contribution in [0.15, 0.2) is 58.4 Å². The average molecular weight is 463 g/mol. The molecule has 2 aromatic carbocycles. The highest BCUT2D eigenvalue weighted by Crippen LogP contribution is 2.54. The first-order valence-corrected chi connectivity index (χ1v) is 12.2. The molecule has 0 radical (unpaired) electrons. The van der Waals surface area contributed by atoms with Gasteiger partial charge in [-0.3, -0.25) is 19.3 Å². The normalized spacial score (nSPS) is 20.1. The summed E-state index contributed by atoms with van der Waals surface area (Å²) < 4.78 is 16.4. The fourth-order valence-electron chi connectivity index (χ4n) is 5.37. The number of pyridine rings is 1. The number of benzene rings is 2. The number of ketones is 1. The summed E-state index contributed by atoms with van der Waals surface area (Å²) in [5.41, 5.74) is 2.68. The van der Waals surface area contributed by atoms with Gasteiger partial charge in [0.05, 0.1) is 11.5 Å². The summed E-state index contributed by atoms with van der Waals surface area (Å²) in [7, 11) is 0. The molecule has 0 saturated heterocycles. The molecular formula is C26H23FN2O3S. The van der Waals surface area contributed by atoms with Crippen LogP contribution in [0.2, 0.25) is 0 Å². The van der Waals surface area contributed by atoms with Crippen molar-refractivity contribution in [2.45, 2.75) is 42.9 Å². The van der Waals surface area contributed by atoms with Gasteiger partial charge in [0.1, 0.15) is 5.82 Å². The molecule has 33 heavy (non-hydrogen) atoms. The van der Waals surface area contributed by atoms with Crippen LogP contribution in [-0.2, 0) is 12.2 Å². The smallest absolute Gasteiger partial charge is 0.224 e. The Morgan fingerprint density at radius 1 is 1.12 bits per heavy atom. The van der Waals surface area contributed by atoms with Crippen LogP contribution in [0.25, 0.3) is 0 Å². The third-order valence-corrected chi connectivity index (χ3v) is 8.40. The summed E-state index contributed by atoms with van der Waals surface area (Å²) in [6, 6.07) is 12.5. The van der Waals surface area contributed by atoms with E-state index in [9.17, 15) is 19.1 Å². The summed E-state index contributed by atoms with van der Waals surface area (Å²) in [4.78, 5) is 26.7. The number of nitrogens with zero attached hydrogens (tertiary/aromatic N) is 2. The lowest BCUT2D eigenvalue weighted by atomic mass is 9.88. The quantitative estimate of drug-likeness (QED) is 0.605. The summed E-state index contributed by atoms with van der Waals surface area (Å²) >= 11 is 1.69. The fraction of sp³-hybridized carbons (Fsp3) is 0.308. The van der Waals surface area contributed by atoms with Gasteiger partial charge in [0, 0.05) is 29.5 Å². The van der Waals surface area contributed by atoms with Crippen molar-refractivity contribution in [3.8, 4) is 5.75 Å². The zero-order valence-electron chi connectivity index (χ0n) is 18.2. The lowest BCUT2D eigenvalue weighted by molar-refractivity contribution is 0.0856. The Balaban J connectivity index is 1.65. The van der Waals surface area contributed by atoms with Crippen LogP contribution in [-0.4, -0.2) is 22.1 Å². The second-order valence-electron chi connectivity index (χ2n) is 9.11. The molecule has 1 aromatic heterocycles. The number of carbonyl (C=O) groups excluding carboxylic acids is 1. The van der Waals surface area contributed by atoms with E-state index in [4.69, 9.17) is 0 Å². The van der Waals surface area contributed by atoms with E-state index in [0.717, 1.165) is 40.0 Å². The van der Waals surface area contributed by atoms with Gasteiger partial charge < -0.3 is 5.11 Å². The molecular weight excluding hydrogens is 439 g/mol. The van der Waals surface area contributed by atoms with Crippen LogP contribution in [0.4, 0.5) is 4.39 Å². The van der Waals surface area contributed by atoms with Crippen molar-refractivity contribution in [2.24, 2.45) is 5.41 Å². The van der Waals surface area contributed by atoms with Crippen LogP contribution in [0.5, 0.6) is 5.75 Å². The molecule has 1 aliphatic carbocycles. The van der Waals surface area contributed by atoms with E-state index >= 15 is 0 Å². The molecule has 1 unspecified atom stereocenters. The van der Waals surface area contributed by atoms with E-state index in [-0.39, 0.29) is 23.3 Å². The maximum Gasteiger partial charge on any atom is 0.224 e. The zero-order valence-corrected chi connectivity index (χ0v) is 19.0. The van der Waals surface area contributed by atoms with Gasteiger partial charge in [-0.2, -0.15) is 0 Å².